The first-order chi connectivity index (χ1) is 11.3. The molecule has 24 heavy (non-hydrogen) atoms. The maximum absolute atomic E-state index is 12.0. The number of hydrogen-bond donors (Lipinski definition) is 1. The maximum Gasteiger partial charge on any atom is 0.243 e. The fourth-order valence-electron chi connectivity index (χ4n) is 2.56. The summed E-state index contributed by atoms with van der Waals surface area (Å²) in [6.07, 6.45) is 0. The number of amides is 1. The van der Waals surface area contributed by atoms with Crippen LogP contribution in [0.3, 0.4) is 0 Å². The van der Waals surface area contributed by atoms with Crippen LogP contribution in [0, 0.1) is 6.92 Å². The quantitative estimate of drug-likeness (QED) is 0.770. The Hall–Kier alpha value is -2.00. The van der Waals surface area contributed by atoms with Crippen molar-refractivity contribution in [1.29, 1.82) is 0 Å². The van der Waals surface area contributed by atoms with E-state index in [4.69, 9.17) is 11.6 Å². The lowest BCUT2D eigenvalue weighted by molar-refractivity contribution is -0.122. The van der Waals surface area contributed by atoms with Crippen molar-refractivity contribution < 1.29 is 13.2 Å². The summed E-state index contributed by atoms with van der Waals surface area (Å²) in [6, 6.07) is 7.00. The van der Waals surface area contributed by atoms with Gasteiger partial charge < -0.3 is 5.32 Å². The standard InChI is InChI=1S/C14H16ClN5O3S/c1-9-4-2-3-5-10(9)14-17-19-20(18-14)6-13(21)16-12-8-24(22,23)7-11(12)15/h2-5,11-12H,6-8H2,1H3,(H,16,21)/t11-,12+/m0/s1. The monoisotopic (exact) mass is 369 g/mol. The molecule has 0 aliphatic carbocycles. The molecule has 2 heterocycles. The lowest BCUT2D eigenvalue weighted by Gasteiger charge is -2.13. The van der Waals surface area contributed by atoms with Gasteiger partial charge in [-0.1, -0.05) is 24.3 Å². The van der Waals surface area contributed by atoms with Crippen LogP contribution in [0.2, 0.25) is 0 Å². The highest BCUT2D eigenvalue weighted by Crippen LogP contribution is 2.19. The average Bonchev–Trinajstić information content (AvgIpc) is 3.03. The molecule has 1 amide bonds. The van der Waals surface area contributed by atoms with Crippen molar-refractivity contribution in [3.8, 4) is 11.4 Å². The van der Waals surface area contributed by atoms with Crippen LogP contribution in [0.1, 0.15) is 5.56 Å². The van der Waals surface area contributed by atoms with E-state index in [2.05, 4.69) is 20.7 Å². The molecule has 128 valence electrons. The minimum absolute atomic E-state index is 0.126. The molecule has 8 nitrogen and oxygen atoms in total. The first-order valence-electron chi connectivity index (χ1n) is 7.32. The summed E-state index contributed by atoms with van der Waals surface area (Å²) in [5.41, 5.74) is 1.84. The van der Waals surface area contributed by atoms with Gasteiger partial charge in [-0.3, -0.25) is 4.79 Å². The number of sulfone groups is 1. The van der Waals surface area contributed by atoms with Gasteiger partial charge in [-0.05, 0) is 17.7 Å². The van der Waals surface area contributed by atoms with E-state index in [1.165, 1.54) is 4.80 Å². The molecule has 1 fully saturated rings. The summed E-state index contributed by atoms with van der Waals surface area (Å²) >= 11 is 5.97. The third-order valence-corrected chi connectivity index (χ3v) is 6.13. The summed E-state index contributed by atoms with van der Waals surface area (Å²) in [5, 5.41) is 14.0. The molecule has 1 aromatic heterocycles. The Labute approximate surface area is 144 Å². The lowest BCUT2D eigenvalue weighted by Crippen LogP contribution is -2.42. The van der Waals surface area contributed by atoms with Crippen molar-refractivity contribution in [2.45, 2.75) is 24.9 Å². The molecule has 10 heteroatoms. The molecule has 0 saturated carbocycles. The largest absolute Gasteiger partial charge is 0.349 e. The van der Waals surface area contributed by atoms with Crippen LogP contribution >= 0.6 is 11.6 Å². The number of alkyl halides is 1. The normalized spacial score (nSPS) is 22.4. The Bertz CT molecular complexity index is 867. The Kier molecular flexibility index (Phi) is 4.55. The van der Waals surface area contributed by atoms with Gasteiger partial charge in [0, 0.05) is 5.56 Å². The summed E-state index contributed by atoms with van der Waals surface area (Å²) in [7, 11) is -3.20. The van der Waals surface area contributed by atoms with Gasteiger partial charge in [0.2, 0.25) is 11.7 Å². The number of nitrogens with one attached hydrogen (secondary N) is 1. The summed E-state index contributed by atoms with van der Waals surface area (Å²) in [4.78, 5) is 13.2. The van der Waals surface area contributed by atoms with Gasteiger partial charge in [0.05, 0.1) is 22.9 Å². The minimum Gasteiger partial charge on any atom is -0.349 e. The van der Waals surface area contributed by atoms with Crippen LogP contribution in [-0.4, -0.2) is 57.5 Å². The van der Waals surface area contributed by atoms with Gasteiger partial charge in [0.25, 0.3) is 0 Å². The van der Waals surface area contributed by atoms with E-state index >= 15 is 0 Å². The molecule has 1 N–H and O–H groups in total. The zero-order valence-corrected chi connectivity index (χ0v) is 14.5. The van der Waals surface area contributed by atoms with Crippen LogP contribution in [0.4, 0.5) is 0 Å². The summed E-state index contributed by atoms with van der Waals surface area (Å²) in [6.45, 7) is 1.78. The number of aromatic nitrogens is 4. The van der Waals surface area contributed by atoms with Crippen LogP contribution in [0.5, 0.6) is 0 Å². The Morgan fingerprint density at radius 3 is 2.79 bits per heavy atom. The Morgan fingerprint density at radius 1 is 1.38 bits per heavy atom. The third-order valence-electron chi connectivity index (χ3n) is 3.75. The SMILES string of the molecule is Cc1ccccc1-c1nnn(CC(=O)N[C@@H]2CS(=O)(=O)C[C@@H]2Cl)n1. The van der Waals surface area contributed by atoms with E-state index in [-0.39, 0.29) is 18.1 Å². The molecule has 0 bridgehead atoms. The van der Waals surface area contributed by atoms with Crippen LogP contribution < -0.4 is 5.32 Å². The number of hydrogen-bond acceptors (Lipinski definition) is 6. The van der Waals surface area contributed by atoms with E-state index in [9.17, 15) is 13.2 Å². The zero-order valence-electron chi connectivity index (χ0n) is 12.9. The van der Waals surface area contributed by atoms with Gasteiger partial charge in [-0.15, -0.1) is 21.8 Å². The van der Waals surface area contributed by atoms with Gasteiger partial charge in [0.1, 0.15) is 6.54 Å². The Morgan fingerprint density at radius 2 is 2.12 bits per heavy atom. The van der Waals surface area contributed by atoms with Gasteiger partial charge in [-0.25, -0.2) is 8.42 Å². The van der Waals surface area contributed by atoms with Crippen LogP contribution in [-0.2, 0) is 21.2 Å². The smallest absolute Gasteiger partial charge is 0.243 e. The molecular weight excluding hydrogens is 354 g/mol. The van der Waals surface area contributed by atoms with Gasteiger partial charge >= 0.3 is 0 Å². The van der Waals surface area contributed by atoms with Gasteiger partial charge in [-0.2, -0.15) is 4.80 Å². The fourth-order valence-corrected chi connectivity index (χ4v) is 5.11. The fraction of sp³-hybridized carbons (Fsp3) is 0.429. The summed E-state index contributed by atoms with van der Waals surface area (Å²) in [5.74, 6) is -0.249. The van der Waals surface area contributed by atoms with E-state index in [1.54, 1.807) is 0 Å². The number of aryl methyl sites for hydroxylation is 1. The van der Waals surface area contributed by atoms with Crippen molar-refractivity contribution in [3.63, 3.8) is 0 Å². The van der Waals surface area contributed by atoms with Crippen molar-refractivity contribution >= 4 is 27.3 Å². The highest BCUT2D eigenvalue weighted by molar-refractivity contribution is 7.91. The minimum atomic E-state index is -3.20. The van der Waals surface area contributed by atoms with E-state index in [0.717, 1.165) is 11.1 Å². The van der Waals surface area contributed by atoms with Crippen LogP contribution in [0.15, 0.2) is 24.3 Å². The second kappa shape index (κ2) is 6.48. The maximum atomic E-state index is 12.0. The molecule has 3 rings (SSSR count). The molecule has 0 radical (unpaired) electrons. The number of halogens is 1. The van der Waals surface area contributed by atoms with E-state index in [0.29, 0.717) is 5.82 Å². The number of carbonyl (C=O) groups excluding carboxylic acids is 1. The molecule has 0 unspecified atom stereocenters. The first kappa shape index (κ1) is 16.8. The number of tetrazole rings is 1. The molecule has 1 aliphatic heterocycles. The average molecular weight is 370 g/mol. The van der Waals surface area contributed by atoms with E-state index < -0.39 is 27.2 Å². The molecular formula is C14H16ClN5O3S. The predicted octanol–water partition coefficient (Wildman–Crippen LogP) is 0.169. The van der Waals surface area contributed by atoms with Crippen molar-refractivity contribution in [2.75, 3.05) is 11.5 Å². The number of rotatable bonds is 4. The number of benzene rings is 1. The van der Waals surface area contributed by atoms with Crippen molar-refractivity contribution in [2.24, 2.45) is 0 Å². The van der Waals surface area contributed by atoms with Crippen molar-refractivity contribution in [3.05, 3.63) is 29.8 Å². The molecule has 2 aromatic rings. The highest BCUT2D eigenvalue weighted by Gasteiger charge is 2.37. The predicted molar refractivity (Wildman–Crippen MR) is 88.2 cm³/mol. The molecule has 0 spiro atoms. The lowest BCUT2D eigenvalue weighted by atomic mass is 10.1. The summed E-state index contributed by atoms with van der Waals surface area (Å²) < 4.78 is 23.0. The highest BCUT2D eigenvalue weighted by atomic mass is 35.5. The molecule has 1 saturated heterocycles. The second-order valence-corrected chi connectivity index (χ2v) is 8.44. The molecule has 2 atom stereocenters. The number of carbonyl (C=O) groups is 1. The van der Waals surface area contributed by atoms with Gasteiger partial charge in [0.15, 0.2) is 9.84 Å². The molecule has 1 aromatic carbocycles. The topological polar surface area (TPSA) is 107 Å². The second-order valence-electron chi connectivity index (χ2n) is 5.73. The molecule has 1 aliphatic rings. The van der Waals surface area contributed by atoms with Crippen LogP contribution in [0.25, 0.3) is 11.4 Å². The van der Waals surface area contributed by atoms with Crippen molar-refractivity contribution in [1.82, 2.24) is 25.5 Å². The first-order valence-corrected chi connectivity index (χ1v) is 9.57. The number of nitrogens with zero attached hydrogens (tertiary/aromatic N) is 4. The van der Waals surface area contributed by atoms with E-state index in [1.807, 2.05) is 31.2 Å². The third kappa shape index (κ3) is 3.73. The zero-order chi connectivity index (χ0) is 17.3. The Balaban J connectivity index is 1.65.